The molecule has 2 aliphatic carbocycles. The second-order valence-electron chi connectivity index (χ2n) is 11.0. The number of carbonyl (C=O) groups excluding carboxylic acids is 4. The van der Waals surface area contributed by atoms with Crippen LogP contribution in [-0.4, -0.2) is 36.4 Å². The van der Waals surface area contributed by atoms with Crippen LogP contribution in [0.1, 0.15) is 93.9 Å². The highest BCUT2D eigenvalue weighted by molar-refractivity contribution is 6.03. The molecule has 2 rings (SSSR count). The van der Waals surface area contributed by atoms with Gasteiger partial charge in [-0.05, 0) is 70.4 Å². The van der Waals surface area contributed by atoms with Gasteiger partial charge in [0.25, 0.3) is 0 Å². The van der Waals surface area contributed by atoms with Gasteiger partial charge >= 0.3 is 17.9 Å². The van der Waals surface area contributed by atoms with Crippen molar-refractivity contribution in [3.05, 3.63) is 46.3 Å². The summed E-state index contributed by atoms with van der Waals surface area (Å²) in [4.78, 5) is 49.4. The molecule has 0 aromatic carbocycles. The van der Waals surface area contributed by atoms with E-state index in [-0.39, 0.29) is 42.1 Å². The minimum Gasteiger partial charge on any atom is -0.465 e. The van der Waals surface area contributed by atoms with E-state index in [1.54, 1.807) is 0 Å². The lowest BCUT2D eigenvalue weighted by Crippen LogP contribution is -2.32. The van der Waals surface area contributed by atoms with Crippen LogP contribution in [0.25, 0.3) is 0 Å². The number of hydrogen-bond donors (Lipinski definition) is 0. The molecule has 0 spiro atoms. The van der Waals surface area contributed by atoms with Gasteiger partial charge in [-0.1, -0.05) is 43.2 Å². The Morgan fingerprint density at radius 3 is 2.24 bits per heavy atom. The molecule has 0 N–H and O–H groups in total. The number of carbonyl (C=O) groups is 4. The largest absolute Gasteiger partial charge is 0.465 e. The van der Waals surface area contributed by atoms with Gasteiger partial charge in [0.15, 0.2) is 5.76 Å². The summed E-state index contributed by atoms with van der Waals surface area (Å²) < 4.78 is 16.5. The standard InChI is InChI=1S/C31H44O7/c1-19-10-9-11-20(2)16-17-31(8)26(14-13-21(3)27(15-12-19)37-24(6)33)28(22(4)18-36-23(5)32)29(30(31)35)38-25(7)34/h10,13,16,22,26-27H,9,11-12,14-15,17-18H2,1-8H3/b19-10+,20-16+,21-13+. The smallest absolute Gasteiger partial charge is 0.308 e. The molecular weight excluding hydrogens is 484 g/mol. The van der Waals surface area contributed by atoms with Crippen molar-refractivity contribution in [3.8, 4) is 0 Å². The van der Waals surface area contributed by atoms with Crippen molar-refractivity contribution in [3.63, 3.8) is 0 Å². The van der Waals surface area contributed by atoms with Crippen molar-refractivity contribution < 1.29 is 33.4 Å². The molecule has 0 radical (unpaired) electrons. The summed E-state index contributed by atoms with van der Waals surface area (Å²) in [6.45, 7) is 14.0. The predicted octanol–water partition coefficient (Wildman–Crippen LogP) is 6.33. The molecule has 210 valence electrons. The summed E-state index contributed by atoms with van der Waals surface area (Å²) >= 11 is 0. The van der Waals surface area contributed by atoms with Crippen molar-refractivity contribution in [1.29, 1.82) is 0 Å². The predicted molar refractivity (Wildman–Crippen MR) is 146 cm³/mol. The fraction of sp³-hybridized carbons (Fsp3) is 0.613. The summed E-state index contributed by atoms with van der Waals surface area (Å²) in [6.07, 6.45) is 10.2. The van der Waals surface area contributed by atoms with E-state index in [4.69, 9.17) is 14.2 Å². The van der Waals surface area contributed by atoms with Gasteiger partial charge in [0.1, 0.15) is 6.10 Å². The van der Waals surface area contributed by atoms with E-state index >= 15 is 0 Å². The summed E-state index contributed by atoms with van der Waals surface area (Å²) in [7, 11) is 0. The summed E-state index contributed by atoms with van der Waals surface area (Å²) in [6, 6.07) is 0. The zero-order valence-electron chi connectivity index (χ0n) is 24.3. The molecule has 7 nitrogen and oxygen atoms in total. The lowest BCUT2D eigenvalue weighted by molar-refractivity contribution is -0.145. The Hall–Kier alpha value is -2.96. The molecule has 0 aliphatic heterocycles. The zero-order valence-corrected chi connectivity index (χ0v) is 24.3. The number of ether oxygens (including phenoxy) is 3. The minimum absolute atomic E-state index is 0.0676. The second kappa shape index (κ2) is 13.7. The third-order valence-electron chi connectivity index (χ3n) is 7.64. The van der Waals surface area contributed by atoms with Gasteiger partial charge in [-0.15, -0.1) is 0 Å². The average Bonchev–Trinajstić information content (AvgIpc) is 3.02. The van der Waals surface area contributed by atoms with E-state index in [1.165, 1.54) is 31.9 Å². The van der Waals surface area contributed by atoms with Crippen LogP contribution in [0.3, 0.4) is 0 Å². The molecule has 0 amide bonds. The normalized spacial score (nSPS) is 30.2. The van der Waals surface area contributed by atoms with E-state index in [9.17, 15) is 19.2 Å². The molecule has 4 unspecified atom stereocenters. The van der Waals surface area contributed by atoms with Crippen molar-refractivity contribution in [2.45, 2.75) is 100 Å². The van der Waals surface area contributed by atoms with Gasteiger partial charge in [0.05, 0.1) is 6.61 Å². The van der Waals surface area contributed by atoms with Gasteiger partial charge in [-0.25, -0.2) is 0 Å². The molecule has 2 aliphatic rings. The molecule has 0 aromatic rings. The highest BCUT2D eigenvalue weighted by Gasteiger charge is 2.52. The number of ketones is 1. The molecule has 0 aromatic heterocycles. The third-order valence-corrected chi connectivity index (χ3v) is 7.64. The highest BCUT2D eigenvalue weighted by atomic mass is 16.5. The molecular formula is C31H44O7. The number of Topliss-reactive ketones (excluding diaryl/α,β-unsaturated/α-hetero) is 1. The Labute approximate surface area is 227 Å². The lowest BCUT2D eigenvalue weighted by atomic mass is 9.70. The van der Waals surface area contributed by atoms with E-state index in [0.29, 0.717) is 24.8 Å². The van der Waals surface area contributed by atoms with Crippen LogP contribution in [0.5, 0.6) is 0 Å². The Balaban J connectivity index is 2.63. The average molecular weight is 529 g/mol. The van der Waals surface area contributed by atoms with Crippen LogP contribution in [0, 0.1) is 17.3 Å². The molecule has 0 heterocycles. The Bertz CT molecular complexity index is 1060. The van der Waals surface area contributed by atoms with Gasteiger partial charge in [-0.3, -0.25) is 19.2 Å². The molecule has 0 saturated heterocycles. The minimum atomic E-state index is -0.856. The number of rotatable bonds is 5. The highest BCUT2D eigenvalue weighted by Crippen LogP contribution is 2.51. The fourth-order valence-corrected chi connectivity index (χ4v) is 5.33. The van der Waals surface area contributed by atoms with Crippen molar-refractivity contribution in [2.24, 2.45) is 17.3 Å². The second-order valence-corrected chi connectivity index (χ2v) is 11.0. The Morgan fingerprint density at radius 2 is 1.63 bits per heavy atom. The van der Waals surface area contributed by atoms with E-state index in [1.807, 2.05) is 26.8 Å². The van der Waals surface area contributed by atoms with Gasteiger partial charge in [0.2, 0.25) is 5.78 Å². The Morgan fingerprint density at radius 1 is 0.974 bits per heavy atom. The quantitative estimate of drug-likeness (QED) is 0.234. The van der Waals surface area contributed by atoms with Crippen LogP contribution in [0.15, 0.2) is 46.3 Å². The van der Waals surface area contributed by atoms with E-state index < -0.39 is 17.4 Å². The van der Waals surface area contributed by atoms with Crippen molar-refractivity contribution in [1.82, 2.24) is 0 Å². The monoisotopic (exact) mass is 528 g/mol. The molecule has 38 heavy (non-hydrogen) atoms. The first kappa shape index (κ1) is 31.3. The van der Waals surface area contributed by atoms with Crippen LogP contribution in [-0.2, 0) is 33.4 Å². The fourth-order valence-electron chi connectivity index (χ4n) is 5.33. The number of hydrogen-bond acceptors (Lipinski definition) is 7. The van der Waals surface area contributed by atoms with Crippen LogP contribution >= 0.6 is 0 Å². The summed E-state index contributed by atoms with van der Waals surface area (Å²) in [5.74, 6) is -2.09. The number of esters is 3. The van der Waals surface area contributed by atoms with E-state index in [0.717, 1.165) is 24.8 Å². The molecule has 4 atom stereocenters. The maximum atomic E-state index is 13.9. The molecule has 7 heteroatoms. The zero-order chi connectivity index (χ0) is 28.6. The maximum absolute atomic E-state index is 13.9. The SMILES string of the molecule is CC(=O)OCC(C)C1=C(OC(C)=O)C(=O)C2(C)C/C=C(\C)CC/C=C(\C)CCC(OC(C)=O)/C(C)=C/CC12. The van der Waals surface area contributed by atoms with Crippen LogP contribution in [0.2, 0.25) is 0 Å². The number of allylic oxidation sites excluding steroid dienone is 6. The maximum Gasteiger partial charge on any atom is 0.308 e. The topological polar surface area (TPSA) is 96.0 Å². The summed E-state index contributed by atoms with van der Waals surface area (Å²) in [5, 5.41) is 0. The van der Waals surface area contributed by atoms with Crippen molar-refractivity contribution in [2.75, 3.05) is 6.61 Å². The molecule has 0 saturated carbocycles. The van der Waals surface area contributed by atoms with E-state index in [2.05, 4.69) is 26.0 Å². The summed E-state index contributed by atoms with van der Waals surface area (Å²) in [5.41, 5.74) is 3.20. The van der Waals surface area contributed by atoms with Crippen LogP contribution in [0.4, 0.5) is 0 Å². The molecule has 0 fully saturated rings. The first-order valence-corrected chi connectivity index (χ1v) is 13.5. The van der Waals surface area contributed by atoms with Crippen molar-refractivity contribution >= 4 is 23.7 Å². The lowest BCUT2D eigenvalue weighted by Gasteiger charge is -2.32. The first-order valence-electron chi connectivity index (χ1n) is 13.5. The van der Waals surface area contributed by atoms with Gasteiger partial charge in [0, 0.05) is 38.0 Å². The molecule has 0 bridgehead atoms. The first-order chi connectivity index (χ1) is 17.8. The van der Waals surface area contributed by atoms with Crippen LogP contribution < -0.4 is 0 Å². The number of fused-ring (bicyclic) bond motifs is 1. The Kier molecular flexibility index (Phi) is 11.3. The third kappa shape index (κ3) is 8.27. The van der Waals surface area contributed by atoms with Gasteiger partial charge < -0.3 is 14.2 Å². The van der Waals surface area contributed by atoms with Gasteiger partial charge in [-0.2, -0.15) is 0 Å².